The number of rotatable bonds is 2. The first-order valence-corrected chi connectivity index (χ1v) is 10.7. The lowest BCUT2D eigenvalue weighted by Gasteiger charge is -2.57. The topological polar surface area (TPSA) is 52.6 Å². The van der Waals surface area contributed by atoms with Gasteiger partial charge in [-0.1, -0.05) is 25.5 Å². The van der Waals surface area contributed by atoms with Gasteiger partial charge < -0.3 is 9.47 Å². The maximum absolute atomic E-state index is 12.4. The number of ether oxygens (including phenoxy) is 2. The van der Waals surface area contributed by atoms with Crippen LogP contribution in [0.15, 0.2) is 11.6 Å². The Bertz CT molecular complexity index is 667. The zero-order chi connectivity index (χ0) is 19.4. The maximum Gasteiger partial charge on any atom is 0.309 e. The van der Waals surface area contributed by atoms with Crippen LogP contribution in [0, 0.1) is 34.5 Å². The molecule has 0 aromatic heterocycles. The molecule has 0 amide bonds. The van der Waals surface area contributed by atoms with Crippen LogP contribution in [0.3, 0.4) is 0 Å². The van der Waals surface area contributed by atoms with E-state index in [4.69, 9.17) is 9.47 Å². The van der Waals surface area contributed by atoms with Crippen molar-refractivity contribution in [3.05, 3.63) is 11.6 Å². The van der Waals surface area contributed by atoms with Gasteiger partial charge in [-0.15, -0.1) is 0 Å². The van der Waals surface area contributed by atoms with Crippen LogP contribution in [0.5, 0.6) is 0 Å². The standard InChI is InChI=1S/C23H34O4/c1-14(24)27-16-9-11-22(2)15(13-16)5-6-17-18-7-8-20(21(25)26-4)23(18,3)12-10-19(17)22/h5,16-20H,6-13H2,1-4H3/t16-,17-,18-,19-,20+,22+,23-/m1/s1. The van der Waals surface area contributed by atoms with Gasteiger partial charge in [-0.05, 0) is 73.5 Å². The smallest absolute Gasteiger partial charge is 0.309 e. The summed E-state index contributed by atoms with van der Waals surface area (Å²) in [5.74, 6) is 1.92. The number of esters is 2. The van der Waals surface area contributed by atoms with Crippen molar-refractivity contribution in [1.29, 1.82) is 0 Å². The van der Waals surface area contributed by atoms with Gasteiger partial charge in [-0.25, -0.2) is 0 Å². The fourth-order valence-corrected chi connectivity index (χ4v) is 7.49. The van der Waals surface area contributed by atoms with E-state index in [9.17, 15) is 9.59 Å². The fourth-order valence-electron chi connectivity index (χ4n) is 7.49. The average Bonchev–Trinajstić information content (AvgIpc) is 2.98. The van der Waals surface area contributed by atoms with Crippen molar-refractivity contribution in [3.63, 3.8) is 0 Å². The number of carbonyl (C=O) groups is 2. The van der Waals surface area contributed by atoms with Crippen molar-refractivity contribution in [2.75, 3.05) is 7.11 Å². The third kappa shape index (κ3) is 2.86. The molecule has 0 radical (unpaired) electrons. The van der Waals surface area contributed by atoms with Crippen LogP contribution in [0.1, 0.15) is 72.1 Å². The second-order valence-corrected chi connectivity index (χ2v) is 9.93. The van der Waals surface area contributed by atoms with E-state index in [0.29, 0.717) is 17.8 Å². The van der Waals surface area contributed by atoms with E-state index in [2.05, 4.69) is 19.9 Å². The van der Waals surface area contributed by atoms with Crippen LogP contribution in [-0.2, 0) is 19.1 Å². The Morgan fingerprint density at radius 3 is 2.56 bits per heavy atom. The third-order valence-electron chi connectivity index (χ3n) is 8.88. The van der Waals surface area contributed by atoms with E-state index >= 15 is 0 Å². The summed E-state index contributed by atoms with van der Waals surface area (Å²) < 4.78 is 10.7. The second-order valence-electron chi connectivity index (χ2n) is 9.93. The molecule has 0 aromatic rings. The molecule has 4 nitrogen and oxygen atoms in total. The molecular weight excluding hydrogens is 340 g/mol. The Morgan fingerprint density at radius 1 is 1.07 bits per heavy atom. The molecule has 0 spiro atoms. The first-order valence-electron chi connectivity index (χ1n) is 10.7. The fraction of sp³-hybridized carbons (Fsp3) is 0.826. The van der Waals surface area contributed by atoms with Gasteiger partial charge in [-0.2, -0.15) is 0 Å². The molecule has 0 aliphatic heterocycles. The molecule has 0 heterocycles. The molecular formula is C23H34O4. The lowest BCUT2D eigenvalue weighted by atomic mass is 9.47. The zero-order valence-corrected chi connectivity index (χ0v) is 17.3. The summed E-state index contributed by atoms with van der Waals surface area (Å²) in [6, 6.07) is 0. The zero-order valence-electron chi connectivity index (χ0n) is 17.3. The Morgan fingerprint density at radius 2 is 1.85 bits per heavy atom. The molecule has 0 N–H and O–H groups in total. The Balaban J connectivity index is 1.57. The number of fused-ring (bicyclic) bond motifs is 5. The summed E-state index contributed by atoms with van der Waals surface area (Å²) in [4.78, 5) is 23.7. The molecule has 0 unspecified atom stereocenters. The monoisotopic (exact) mass is 374 g/mol. The van der Waals surface area contributed by atoms with Gasteiger partial charge >= 0.3 is 11.9 Å². The minimum atomic E-state index is -0.161. The Labute approximate surface area is 163 Å². The molecule has 27 heavy (non-hydrogen) atoms. The van der Waals surface area contributed by atoms with Crippen LogP contribution < -0.4 is 0 Å². The first-order chi connectivity index (χ1) is 12.8. The average molecular weight is 375 g/mol. The van der Waals surface area contributed by atoms with Crippen molar-refractivity contribution < 1.29 is 19.1 Å². The molecule has 4 rings (SSSR count). The molecule has 4 heteroatoms. The molecule has 7 atom stereocenters. The summed E-state index contributed by atoms with van der Waals surface area (Å²) >= 11 is 0. The van der Waals surface area contributed by atoms with Gasteiger partial charge in [0.05, 0.1) is 13.0 Å². The summed E-state index contributed by atoms with van der Waals surface area (Å²) in [5.41, 5.74) is 1.86. The van der Waals surface area contributed by atoms with Gasteiger partial charge in [0.1, 0.15) is 6.10 Å². The highest BCUT2D eigenvalue weighted by Crippen LogP contribution is 2.66. The number of hydrogen-bond acceptors (Lipinski definition) is 4. The summed E-state index contributed by atoms with van der Waals surface area (Å²) in [5, 5.41) is 0. The predicted octanol–water partition coefficient (Wildman–Crippen LogP) is 4.67. The van der Waals surface area contributed by atoms with E-state index in [1.165, 1.54) is 26.0 Å². The maximum atomic E-state index is 12.4. The molecule has 0 saturated heterocycles. The van der Waals surface area contributed by atoms with E-state index < -0.39 is 0 Å². The molecule has 3 fully saturated rings. The highest BCUT2D eigenvalue weighted by molar-refractivity contribution is 5.73. The van der Waals surface area contributed by atoms with Crippen molar-refractivity contribution in [1.82, 2.24) is 0 Å². The number of hydrogen-bond donors (Lipinski definition) is 0. The largest absolute Gasteiger partial charge is 0.469 e. The Hall–Kier alpha value is -1.32. The highest BCUT2D eigenvalue weighted by Gasteiger charge is 2.60. The van der Waals surface area contributed by atoms with Gasteiger partial charge in [0.25, 0.3) is 0 Å². The van der Waals surface area contributed by atoms with Crippen molar-refractivity contribution in [2.24, 2.45) is 34.5 Å². The first kappa shape index (κ1) is 19.0. The number of carbonyl (C=O) groups excluding carboxylic acids is 2. The Kier molecular flexibility index (Phi) is 4.67. The van der Waals surface area contributed by atoms with Crippen molar-refractivity contribution >= 4 is 11.9 Å². The molecule has 0 aromatic carbocycles. The summed E-state index contributed by atoms with van der Waals surface area (Å²) in [6.45, 7) is 6.32. The minimum absolute atomic E-state index is 0.00130. The normalized spacial score (nSPS) is 45.8. The lowest BCUT2D eigenvalue weighted by molar-refractivity contribution is -0.154. The third-order valence-corrected chi connectivity index (χ3v) is 8.88. The van der Waals surface area contributed by atoms with E-state index in [1.54, 1.807) is 0 Å². The highest BCUT2D eigenvalue weighted by atomic mass is 16.5. The van der Waals surface area contributed by atoms with Crippen molar-refractivity contribution in [3.8, 4) is 0 Å². The van der Waals surface area contributed by atoms with Crippen LogP contribution in [0.25, 0.3) is 0 Å². The molecule has 4 aliphatic rings. The van der Waals surface area contributed by atoms with Crippen LogP contribution in [0.4, 0.5) is 0 Å². The molecule has 150 valence electrons. The molecule has 4 aliphatic carbocycles. The van der Waals surface area contributed by atoms with Crippen LogP contribution in [0.2, 0.25) is 0 Å². The van der Waals surface area contributed by atoms with E-state index in [1.807, 2.05) is 0 Å². The number of allylic oxidation sites excluding steroid dienone is 1. The van der Waals surface area contributed by atoms with Gasteiger partial charge in [0, 0.05) is 13.3 Å². The SMILES string of the molecule is COC(=O)[C@@H]1CC[C@@H]2[C@H]3CC=C4C[C@H](OC(C)=O)CC[C@]4(C)[C@@H]3CC[C@]21C. The van der Waals surface area contributed by atoms with E-state index in [0.717, 1.165) is 44.9 Å². The predicted molar refractivity (Wildman–Crippen MR) is 103 cm³/mol. The van der Waals surface area contributed by atoms with Gasteiger partial charge in [0.15, 0.2) is 0 Å². The lowest BCUT2D eigenvalue weighted by Crippen LogP contribution is -2.51. The van der Waals surface area contributed by atoms with Crippen LogP contribution in [-0.4, -0.2) is 25.2 Å². The van der Waals surface area contributed by atoms with Gasteiger partial charge in [0.2, 0.25) is 0 Å². The minimum Gasteiger partial charge on any atom is -0.469 e. The van der Waals surface area contributed by atoms with Crippen LogP contribution >= 0.6 is 0 Å². The molecule has 0 bridgehead atoms. The van der Waals surface area contributed by atoms with Crippen molar-refractivity contribution in [2.45, 2.75) is 78.2 Å². The summed E-state index contributed by atoms with van der Waals surface area (Å²) in [6.07, 6.45) is 11.1. The quantitative estimate of drug-likeness (QED) is 0.521. The second kappa shape index (κ2) is 6.63. The van der Waals surface area contributed by atoms with E-state index in [-0.39, 0.29) is 34.8 Å². The number of methoxy groups -OCH3 is 1. The molecule has 3 saturated carbocycles. The summed E-state index contributed by atoms with van der Waals surface area (Å²) in [7, 11) is 1.53. The van der Waals surface area contributed by atoms with Gasteiger partial charge in [-0.3, -0.25) is 9.59 Å².